The van der Waals surface area contributed by atoms with Crippen LogP contribution in [0, 0.1) is 17.5 Å². The fourth-order valence-corrected chi connectivity index (χ4v) is 4.96. The first kappa shape index (κ1) is 22.3. The third-order valence-electron chi connectivity index (χ3n) is 5.45. The lowest BCUT2D eigenvalue weighted by molar-refractivity contribution is -0.121. The maximum absolute atomic E-state index is 14.3. The molecule has 0 aromatic heterocycles. The van der Waals surface area contributed by atoms with Crippen LogP contribution in [0.5, 0.6) is 0 Å². The summed E-state index contributed by atoms with van der Waals surface area (Å²) in [5.41, 5.74) is -0.807. The first-order valence-electron chi connectivity index (χ1n) is 9.70. The zero-order chi connectivity index (χ0) is 21.8. The minimum absolute atomic E-state index is 0.000174. The van der Waals surface area contributed by atoms with Gasteiger partial charge in [0.05, 0.1) is 4.90 Å². The largest absolute Gasteiger partial charge is 0.355 e. The van der Waals surface area contributed by atoms with E-state index in [9.17, 15) is 26.4 Å². The van der Waals surface area contributed by atoms with Crippen LogP contribution in [0.3, 0.4) is 0 Å². The molecule has 30 heavy (non-hydrogen) atoms. The molecule has 1 fully saturated rings. The smallest absolute Gasteiger partial charge is 0.240 e. The van der Waals surface area contributed by atoms with Gasteiger partial charge in [-0.3, -0.25) is 4.79 Å². The van der Waals surface area contributed by atoms with E-state index in [1.165, 1.54) is 18.2 Å². The topological polar surface area (TPSA) is 75.3 Å². The molecule has 1 saturated carbocycles. The highest BCUT2D eigenvalue weighted by molar-refractivity contribution is 7.89. The quantitative estimate of drug-likeness (QED) is 0.661. The number of rotatable bonds is 8. The molecule has 1 aliphatic carbocycles. The van der Waals surface area contributed by atoms with Crippen LogP contribution in [-0.4, -0.2) is 27.4 Å². The van der Waals surface area contributed by atoms with Crippen molar-refractivity contribution in [2.75, 3.05) is 13.1 Å². The molecule has 0 atom stereocenters. The maximum Gasteiger partial charge on any atom is 0.240 e. The molecule has 5 nitrogen and oxygen atoms in total. The molecule has 0 bridgehead atoms. The van der Waals surface area contributed by atoms with E-state index in [4.69, 9.17) is 0 Å². The first-order valence-corrected chi connectivity index (χ1v) is 11.2. The number of carbonyl (C=O) groups is 1. The van der Waals surface area contributed by atoms with Gasteiger partial charge in [0, 0.05) is 30.5 Å². The summed E-state index contributed by atoms with van der Waals surface area (Å²) in [5.74, 6) is -2.24. The standard InChI is InChI=1S/C21H23F3N2O3S/c22-15-6-8-16(9-7-15)30(28,29)26-13-10-19(27)25-14-21(11-1-2-12-21)20-17(23)4-3-5-18(20)24/h3-9,26H,1-2,10-14H2,(H,25,27). The van der Waals surface area contributed by atoms with E-state index in [0.717, 1.165) is 37.1 Å². The molecule has 2 aromatic carbocycles. The molecular formula is C21H23F3N2O3S. The summed E-state index contributed by atoms with van der Waals surface area (Å²) < 4.78 is 68.2. The van der Waals surface area contributed by atoms with Crippen molar-refractivity contribution in [2.24, 2.45) is 0 Å². The van der Waals surface area contributed by atoms with Gasteiger partial charge in [0.2, 0.25) is 15.9 Å². The highest BCUT2D eigenvalue weighted by Gasteiger charge is 2.40. The molecule has 0 aliphatic heterocycles. The van der Waals surface area contributed by atoms with Crippen LogP contribution >= 0.6 is 0 Å². The zero-order valence-corrected chi connectivity index (χ0v) is 17.1. The molecule has 0 unspecified atom stereocenters. The Morgan fingerprint density at radius 3 is 2.17 bits per heavy atom. The van der Waals surface area contributed by atoms with Crippen LogP contribution in [0.15, 0.2) is 47.4 Å². The SMILES string of the molecule is O=C(CCNS(=O)(=O)c1ccc(F)cc1)NCC1(c2c(F)cccc2F)CCCC1. The van der Waals surface area contributed by atoms with Crippen molar-refractivity contribution in [3.63, 3.8) is 0 Å². The maximum atomic E-state index is 14.3. The summed E-state index contributed by atoms with van der Waals surface area (Å²) in [6, 6.07) is 8.06. The van der Waals surface area contributed by atoms with Gasteiger partial charge >= 0.3 is 0 Å². The Labute approximate surface area is 173 Å². The van der Waals surface area contributed by atoms with Crippen LogP contribution in [0.25, 0.3) is 0 Å². The van der Waals surface area contributed by atoms with Crippen molar-refractivity contribution in [3.05, 3.63) is 65.5 Å². The van der Waals surface area contributed by atoms with Crippen LogP contribution in [0.2, 0.25) is 0 Å². The van der Waals surface area contributed by atoms with Gasteiger partial charge in [-0.25, -0.2) is 26.3 Å². The van der Waals surface area contributed by atoms with Gasteiger partial charge in [-0.15, -0.1) is 0 Å². The third-order valence-corrected chi connectivity index (χ3v) is 6.92. The average Bonchev–Trinajstić information content (AvgIpc) is 3.16. The molecule has 1 amide bonds. The van der Waals surface area contributed by atoms with E-state index in [2.05, 4.69) is 10.0 Å². The van der Waals surface area contributed by atoms with E-state index in [-0.39, 0.29) is 30.0 Å². The summed E-state index contributed by atoms with van der Waals surface area (Å²) in [5, 5.41) is 2.70. The molecule has 0 radical (unpaired) electrons. The van der Waals surface area contributed by atoms with E-state index >= 15 is 0 Å². The van der Waals surface area contributed by atoms with E-state index < -0.39 is 38.8 Å². The lowest BCUT2D eigenvalue weighted by Gasteiger charge is -2.30. The molecule has 1 aliphatic rings. The monoisotopic (exact) mass is 440 g/mol. The number of amides is 1. The van der Waals surface area contributed by atoms with E-state index in [0.29, 0.717) is 12.8 Å². The third kappa shape index (κ3) is 5.02. The minimum atomic E-state index is -3.87. The zero-order valence-electron chi connectivity index (χ0n) is 16.3. The van der Waals surface area contributed by atoms with Crippen molar-refractivity contribution in [1.29, 1.82) is 0 Å². The highest BCUT2D eigenvalue weighted by atomic mass is 32.2. The molecule has 0 spiro atoms. The number of hydrogen-bond acceptors (Lipinski definition) is 3. The Bertz CT molecular complexity index is 984. The summed E-state index contributed by atoms with van der Waals surface area (Å²) in [6.07, 6.45) is 2.59. The Balaban J connectivity index is 1.57. The van der Waals surface area contributed by atoms with Crippen molar-refractivity contribution in [3.8, 4) is 0 Å². The molecule has 0 heterocycles. The Morgan fingerprint density at radius 2 is 1.57 bits per heavy atom. The van der Waals surface area contributed by atoms with Crippen LogP contribution < -0.4 is 10.0 Å². The predicted octanol–water partition coefficient (Wildman–Crippen LogP) is 3.40. The molecule has 9 heteroatoms. The number of carbonyl (C=O) groups excluding carboxylic acids is 1. The van der Waals surface area contributed by atoms with Gasteiger partial charge in [0.25, 0.3) is 0 Å². The molecule has 2 aromatic rings. The van der Waals surface area contributed by atoms with Gasteiger partial charge in [-0.2, -0.15) is 0 Å². The highest BCUT2D eigenvalue weighted by Crippen LogP contribution is 2.42. The first-order chi connectivity index (χ1) is 14.2. The Morgan fingerprint density at radius 1 is 0.967 bits per heavy atom. The minimum Gasteiger partial charge on any atom is -0.355 e. The van der Waals surface area contributed by atoms with Crippen molar-refractivity contribution >= 4 is 15.9 Å². The van der Waals surface area contributed by atoms with Crippen molar-refractivity contribution < 1.29 is 26.4 Å². The fraction of sp³-hybridized carbons (Fsp3) is 0.381. The summed E-state index contributed by atoms with van der Waals surface area (Å²) in [7, 11) is -3.87. The van der Waals surface area contributed by atoms with Gasteiger partial charge in [0.1, 0.15) is 17.5 Å². The van der Waals surface area contributed by atoms with E-state index in [1.54, 1.807) is 0 Å². The van der Waals surface area contributed by atoms with Gasteiger partial charge in [0.15, 0.2) is 0 Å². The number of nitrogens with one attached hydrogen (secondary N) is 2. The fourth-order valence-electron chi connectivity index (χ4n) is 3.92. The van der Waals surface area contributed by atoms with Crippen molar-refractivity contribution in [2.45, 2.75) is 42.4 Å². The van der Waals surface area contributed by atoms with E-state index in [1.807, 2.05) is 0 Å². The lowest BCUT2D eigenvalue weighted by Crippen LogP contribution is -2.41. The Kier molecular flexibility index (Phi) is 6.82. The second-order valence-corrected chi connectivity index (χ2v) is 9.23. The number of sulfonamides is 1. The second kappa shape index (κ2) is 9.18. The number of hydrogen-bond donors (Lipinski definition) is 2. The van der Waals surface area contributed by atoms with Crippen LogP contribution in [-0.2, 0) is 20.2 Å². The average molecular weight is 440 g/mol. The number of benzene rings is 2. The molecule has 2 N–H and O–H groups in total. The van der Waals surface area contributed by atoms with Gasteiger partial charge in [-0.05, 0) is 49.2 Å². The molecule has 0 saturated heterocycles. The summed E-state index contributed by atoms with van der Waals surface area (Å²) >= 11 is 0. The predicted molar refractivity (Wildman–Crippen MR) is 106 cm³/mol. The summed E-state index contributed by atoms with van der Waals surface area (Å²) in [4.78, 5) is 12.1. The normalized spacial score (nSPS) is 15.8. The Hall–Kier alpha value is -2.39. The lowest BCUT2D eigenvalue weighted by atomic mass is 9.78. The molecule has 3 rings (SSSR count). The second-order valence-electron chi connectivity index (χ2n) is 7.46. The molecule has 162 valence electrons. The number of halogens is 3. The van der Waals surface area contributed by atoms with Gasteiger partial charge in [-0.1, -0.05) is 18.9 Å². The van der Waals surface area contributed by atoms with Gasteiger partial charge < -0.3 is 5.32 Å². The summed E-state index contributed by atoms with van der Waals surface area (Å²) in [6.45, 7) is -0.0823. The van der Waals surface area contributed by atoms with Crippen LogP contribution in [0.1, 0.15) is 37.7 Å². The van der Waals surface area contributed by atoms with Crippen LogP contribution in [0.4, 0.5) is 13.2 Å². The molecular weight excluding hydrogens is 417 g/mol. The van der Waals surface area contributed by atoms with Crippen molar-refractivity contribution in [1.82, 2.24) is 10.0 Å².